The van der Waals surface area contributed by atoms with Gasteiger partial charge in [0, 0.05) is 23.1 Å². The second-order valence-corrected chi connectivity index (χ2v) is 6.43. The molecule has 0 radical (unpaired) electrons. The maximum absolute atomic E-state index is 6.13. The highest BCUT2D eigenvalue weighted by molar-refractivity contribution is 7.99. The summed E-state index contributed by atoms with van der Waals surface area (Å²) in [7, 11) is 0. The summed E-state index contributed by atoms with van der Waals surface area (Å²) in [4.78, 5) is 0. The van der Waals surface area contributed by atoms with Gasteiger partial charge in [-0.15, -0.1) is 0 Å². The molecule has 1 heterocycles. The van der Waals surface area contributed by atoms with Gasteiger partial charge in [-0.3, -0.25) is 4.68 Å². The molecule has 0 aromatic carbocycles. The lowest BCUT2D eigenvalue weighted by Crippen LogP contribution is -2.12. The van der Waals surface area contributed by atoms with E-state index >= 15 is 0 Å². The molecule has 0 fully saturated rings. The van der Waals surface area contributed by atoms with Crippen LogP contribution in [0.2, 0.25) is 0 Å². The number of hydrogen-bond donors (Lipinski definition) is 1. The third-order valence-electron chi connectivity index (χ3n) is 3.00. The normalized spacial score (nSPS) is 13.4. The Morgan fingerprint density at radius 3 is 2.53 bits per heavy atom. The molecule has 1 aromatic rings. The first kappa shape index (κ1) is 14.6. The van der Waals surface area contributed by atoms with Crippen molar-refractivity contribution in [1.82, 2.24) is 9.78 Å². The van der Waals surface area contributed by atoms with Gasteiger partial charge < -0.3 is 5.73 Å². The van der Waals surface area contributed by atoms with E-state index in [9.17, 15) is 0 Å². The van der Waals surface area contributed by atoms with Crippen molar-refractivity contribution in [2.75, 3.05) is 5.75 Å². The molecular weight excluding hydrogens is 230 g/mol. The zero-order valence-electron chi connectivity index (χ0n) is 11.7. The SMILES string of the molecule is CCC(N)c1c(C)nn(CCSC(C)C)c1C. The van der Waals surface area contributed by atoms with Crippen molar-refractivity contribution in [2.45, 2.75) is 58.9 Å². The zero-order chi connectivity index (χ0) is 13.0. The fourth-order valence-electron chi connectivity index (χ4n) is 2.04. The summed E-state index contributed by atoms with van der Waals surface area (Å²) in [6.07, 6.45) is 0.966. The summed E-state index contributed by atoms with van der Waals surface area (Å²) in [6, 6.07) is 0.126. The van der Waals surface area contributed by atoms with Gasteiger partial charge in [-0.2, -0.15) is 16.9 Å². The molecule has 0 saturated carbocycles. The number of nitrogens with two attached hydrogens (primary N) is 1. The average Bonchev–Trinajstić information content (AvgIpc) is 2.53. The van der Waals surface area contributed by atoms with E-state index in [1.807, 2.05) is 11.8 Å². The van der Waals surface area contributed by atoms with Gasteiger partial charge in [-0.05, 0) is 25.5 Å². The molecule has 4 heteroatoms. The van der Waals surface area contributed by atoms with Crippen molar-refractivity contribution in [2.24, 2.45) is 5.73 Å². The molecule has 0 aliphatic heterocycles. The first-order chi connectivity index (χ1) is 7.97. The Labute approximate surface area is 109 Å². The van der Waals surface area contributed by atoms with Crippen molar-refractivity contribution >= 4 is 11.8 Å². The van der Waals surface area contributed by atoms with Crippen LogP contribution >= 0.6 is 11.8 Å². The summed E-state index contributed by atoms with van der Waals surface area (Å²) >= 11 is 1.97. The molecule has 1 rings (SSSR count). The van der Waals surface area contributed by atoms with Gasteiger partial charge in [0.05, 0.1) is 12.2 Å². The minimum atomic E-state index is 0.126. The predicted molar refractivity (Wildman–Crippen MR) is 76.5 cm³/mol. The van der Waals surface area contributed by atoms with Crippen LogP contribution in [0.5, 0.6) is 0 Å². The molecule has 1 atom stereocenters. The van der Waals surface area contributed by atoms with Crippen LogP contribution in [0.1, 0.15) is 50.2 Å². The van der Waals surface area contributed by atoms with E-state index < -0.39 is 0 Å². The summed E-state index contributed by atoms with van der Waals surface area (Å²) in [5.74, 6) is 1.11. The number of hydrogen-bond acceptors (Lipinski definition) is 3. The maximum atomic E-state index is 6.13. The number of aromatic nitrogens is 2. The van der Waals surface area contributed by atoms with Crippen LogP contribution in [0.3, 0.4) is 0 Å². The molecule has 0 aliphatic rings. The van der Waals surface area contributed by atoms with Crippen LogP contribution < -0.4 is 5.73 Å². The first-order valence-corrected chi connectivity index (χ1v) is 7.43. The van der Waals surface area contributed by atoms with Crippen molar-refractivity contribution in [3.8, 4) is 0 Å². The van der Waals surface area contributed by atoms with Gasteiger partial charge in [-0.1, -0.05) is 20.8 Å². The smallest absolute Gasteiger partial charge is 0.0644 e. The fraction of sp³-hybridized carbons (Fsp3) is 0.769. The van der Waals surface area contributed by atoms with Gasteiger partial charge in [0.2, 0.25) is 0 Å². The molecule has 2 N–H and O–H groups in total. The first-order valence-electron chi connectivity index (χ1n) is 6.38. The monoisotopic (exact) mass is 255 g/mol. The topological polar surface area (TPSA) is 43.8 Å². The molecule has 0 aliphatic carbocycles. The third kappa shape index (κ3) is 3.75. The Kier molecular flexibility index (Phi) is 5.53. The van der Waals surface area contributed by atoms with Crippen LogP contribution in [0.4, 0.5) is 0 Å². The summed E-state index contributed by atoms with van der Waals surface area (Å²) in [5.41, 5.74) is 9.69. The molecule has 98 valence electrons. The molecule has 1 aromatic heterocycles. The molecule has 0 bridgehead atoms. The van der Waals surface area contributed by atoms with Crippen LogP contribution in [0.15, 0.2) is 0 Å². The van der Waals surface area contributed by atoms with Gasteiger partial charge in [0.1, 0.15) is 0 Å². The quantitative estimate of drug-likeness (QED) is 0.849. The Morgan fingerprint density at radius 2 is 2.00 bits per heavy atom. The molecule has 17 heavy (non-hydrogen) atoms. The average molecular weight is 255 g/mol. The predicted octanol–water partition coefficient (Wildman–Crippen LogP) is 3.05. The highest BCUT2D eigenvalue weighted by Gasteiger charge is 2.16. The summed E-state index contributed by atoms with van der Waals surface area (Å²) < 4.78 is 2.11. The largest absolute Gasteiger partial charge is 0.324 e. The Bertz CT molecular complexity index is 358. The lowest BCUT2D eigenvalue weighted by molar-refractivity contribution is 0.633. The molecule has 0 saturated heterocycles. The van der Waals surface area contributed by atoms with E-state index in [1.165, 1.54) is 11.3 Å². The van der Waals surface area contributed by atoms with Gasteiger partial charge in [0.15, 0.2) is 0 Å². The van der Waals surface area contributed by atoms with Crippen molar-refractivity contribution in [1.29, 1.82) is 0 Å². The van der Waals surface area contributed by atoms with E-state index in [0.717, 1.165) is 24.4 Å². The second kappa shape index (κ2) is 6.45. The summed E-state index contributed by atoms with van der Waals surface area (Å²) in [5, 5.41) is 5.28. The van der Waals surface area contributed by atoms with Crippen molar-refractivity contribution in [3.05, 3.63) is 17.0 Å². The van der Waals surface area contributed by atoms with E-state index in [0.29, 0.717) is 5.25 Å². The summed E-state index contributed by atoms with van der Waals surface area (Å²) in [6.45, 7) is 11.7. The van der Waals surface area contributed by atoms with Gasteiger partial charge in [0.25, 0.3) is 0 Å². The number of nitrogens with zero attached hydrogens (tertiary/aromatic N) is 2. The van der Waals surface area contributed by atoms with E-state index in [4.69, 9.17) is 5.73 Å². The van der Waals surface area contributed by atoms with E-state index in [1.54, 1.807) is 0 Å². The molecular formula is C13H25N3S. The lowest BCUT2D eigenvalue weighted by atomic mass is 10.0. The van der Waals surface area contributed by atoms with Crippen molar-refractivity contribution < 1.29 is 0 Å². The van der Waals surface area contributed by atoms with E-state index in [2.05, 4.69) is 44.4 Å². The second-order valence-electron chi connectivity index (χ2n) is 4.74. The minimum absolute atomic E-state index is 0.126. The lowest BCUT2D eigenvalue weighted by Gasteiger charge is -2.10. The molecule has 1 unspecified atom stereocenters. The molecule has 3 nitrogen and oxygen atoms in total. The highest BCUT2D eigenvalue weighted by Crippen LogP contribution is 2.22. The van der Waals surface area contributed by atoms with Crippen LogP contribution in [0, 0.1) is 13.8 Å². The highest BCUT2D eigenvalue weighted by atomic mass is 32.2. The number of aryl methyl sites for hydroxylation is 2. The van der Waals surface area contributed by atoms with Crippen molar-refractivity contribution in [3.63, 3.8) is 0 Å². The van der Waals surface area contributed by atoms with Gasteiger partial charge >= 0.3 is 0 Å². The Balaban J connectivity index is 2.74. The zero-order valence-corrected chi connectivity index (χ0v) is 12.5. The number of thioether (sulfide) groups is 1. The Morgan fingerprint density at radius 1 is 1.35 bits per heavy atom. The molecule has 0 amide bonds. The van der Waals surface area contributed by atoms with Crippen LogP contribution in [0.25, 0.3) is 0 Å². The standard InChI is InChI=1S/C13H25N3S/c1-6-12(14)13-10(4)15-16(11(13)5)7-8-17-9(2)3/h9,12H,6-8,14H2,1-5H3. The minimum Gasteiger partial charge on any atom is -0.324 e. The molecule has 0 spiro atoms. The van der Waals surface area contributed by atoms with Gasteiger partial charge in [-0.25, -0.2) is 0 Å². The van der Waals surface area contributed by atoms with E-state index in [-0.39, 0.29) is 6.04 Å². The van der Waals surface area contributed by atoms with Crippen LogP contribution in [-0.2, 0) is 6.54 Å². The van der Waals surface area contributed by atoms with Crippen LogP contribution in [-0.4, -0.2) is 20.8 Å². The third-order valence-corrected chi connectivity index (χ3v) is 4.09. The Hall–Kier alpha value is -0.480. The fourth-order valence-corrected chi connectivity index (χ4v) is 2.79. The maximum Gasteiger partial charge on any atom is 0.0644 e. The number of rotatable bonds is 6.